The molecule has 0 heterocycles. The van der Waals surface area contributed by atoms with E-state index >= 15 is 0 Å². The van der Waals surface area contributed by atoms with Crippen LogP contribution in [-0.2, 0) is 4.79 Å². The van der Waals surface area contributed by atoms with Crippen molar-refractivity contribution in [3.05, 3.63) is 0 Å². The summed E-state index contributed by atoms with van der Waals surface area (Å²) in [4.78, 5) is 11.6. The Morgan fingerprint density at radius 2 is 1.64 bits per heavy atom. The minimum Gasteiger partial charge on any atom is -0.369 e. The van der Waals surface area contributed by atoms with Crippen LogP contribution in [0, 0.1) is 23.2 Å². The monoisotopic (exact) mass is 193 g/mol. The molecule has 1 amide bonds. The van der Waals surface area contributed by atoms with Crippen LogP contribution in [0.5, 0.6) is 0 Å². The minimum atomic E-state index is -0.0845. The zero-order valence-electron chi connectivity index (χ0n) is 8.67. The largest absolute Gasteiger partial charge is 0.369 e. The van der Waals surface area contributed by atoms with Gasteiger partial charge in [-0.15, -0.1) is 0 Å². The van der Waals surface area contributed by atoms with Gasteiger partial charge in [-0.05, 0) is 62.7 Å². The summed E-state index contributed by atoms with van der Waals surface area (Å²) in [6.45, 7) is 0. The molecule has 0 saturated heterocycles. The van der Waals surface area contributed by atoms with E-state index in [2.05, 4.69) is 0 Å². The Labute approximate surface area is 85.2 Å². The molecule has 2 heteroatoms. The fourth-order valence-corrected chi connectivity index (χ4v) is 4.47. The van der Waals surface area contributed by atoms with Crippen molar-refractivity contribution in [3.63, 3.8) is 0 Å². The van der Waals surface area contributed by atoms with Crippen molar-refractivity contribution in [2.45, 2.75) is 44.9 Å². The number of fused-ring (bicyclic) bond motifs is 1. The molecule has 2 atom stereocenters. The van der Waals surface area contributed by atoms with Crippen LogP contribution in [0.2, 0.25) is 0 Å². The zero-order chi connectivity index (χ0) is 9.76. The van der Waals surface area contributed by atoms with E-state index in [0.29, 0.717) is 0 Å². The fourth-order valence-electron chi connectivity index (χ4n) is 4.47. The summed E-state index contributed by atoms with van der Waals surface area (Å²) in [5, 5.41) is 0. The highest BCUT2D eigenvalue weighted by Gasteiger charge is 2.50. The van der Waals surface area contributed by atoms with Crippen molar-refractivity contribution < 1.29 is 4.79 Å². The normalized spacial score (nSPS) is 50.4. The quantitative estimate of drug-likeness (QED) is 0.680. The van der Waals surface area contributed by atoms with Crippen molar-refractivity contribution in [1.82, 2.24) is 0 Å². The molecular formula is C12H19NO. The highest BCUT2D eigenvalue weighted by molar-refractivity contribution is 5.81. The molecule has 0 unspecified atom stereocenters. The molecule has 4 aliphatic carbocycles. The molecular weight excluding hydrogens is 174 g/mol. The van der Waals surface area contributed by atoms with Crippen LogP contribution in [-0.4, -0.2) is 5.91 Å². The van der Waals surface area contributed by atoms with Crippen LogP contribution in [0.25, 0.3) is 0 Å². The summed E-state index contributed by atoms with van der Waals surface area (Å²) in [5.74, 6) is 2.56. The maximum absolute atomic E-state index is 11.6. The Hall–Kier alpha value is -0.530. The Balaban J connectivity index is 1.97. The first-order chi connectivity index (χ1) is 6.68. The van der Waals surface area contributed by atoms with Crippen LogP contribution in [0.15, 0.2) is 0 Å². The van der Waals surface area contributed by atoms with E-state index in [4.69, 9.17) is 5.73 Å². The van der Waals surface area contributed by atoms with Gasteiger partial charge in [-0.3, -0.25) is 4.79 Å². The van der Waals surface area contributed by atoms with Gasteiger partial charge < -0.3 is 5.73 Å². The molecule has 4 bridgehead atoms. The van der Waals surface area contributed by atoms with Gasteiger partial charge >= 0.3 is 0 Å². The third-order valence-electron chi connectivity index (χ3n) is 4.91. The SMILES string of the molecule is NC(=O)C12CCC3C[C@@H](C[C@H](C3)C1)C2. The summed E-state index contributed by atoms with van der Waals surface area (Å²) in [6, 6.07) is 0. The van der Waals surface area contributed by atoms with E-state index in [1.165, 1.54) is 25.7 Å². The maximum atomic E-state index is 11.6. The van der Waals surface area contributed by atoms with Crippen molar-refractivity contribution in [2.24, 2.45) is 28.9 Å². The van der Waals surface area contributed by atoms with E-state index in [1.54, 1.807) is 0 Å². The van der Waals surface area contributed by atoms with Gasteiger partial charge in [0.25, 0.3) is 0 Å². The molecule has 0 spiro atoms. The van der Waals surface area contributed by atoms with Crippen LogP contribution in [0.3, 0.4) is 0 Å². The van der Waals surface area contributed by atoms with Crippen LogP contribution in [0.4, 0.5) is 0 Å². The maximum Gasteiger partial charge on any atom is 0.223 e. The second-order valence-corrected chi connectivity index (χ2v) is 5.90. The van der Waals surface area contributed by atoms with Crippen molar-refractivity contribution in [2.75, 3.05) is 0 Å². The molecule has 14 heavy (non-hydrogen) atoms. The number of hydrogen-bond donors (Lipinski definition) is 1. The number of primary amides is 1. The molecule has 2 nitrogen and oxygen atoms in total. The van der Waals surface area contributed by atoms with Gasteiger partial charge in [-0.25, -0.2) is 0 Å². The molecule has 2 N–H and O–H groups in total. The van der Waals surface area contributed by atoms with Crippen molar-refractivity contribution >= 4 is 5.91 Å². The molecule has 0 aromatic heterocycles. The van der Waals surface area contributed by atoms with Crippen molar-refractivity contribution in [1.29, 1.82) is 0 Å². The fraction of sp³-hybridized carbons (Fsp3) is 0.917. The van der Waals surface area contributed by atoms with Gasteiger partial charge in [0.05, 0.1) is 0 Å². The smallest absolute Gasteiger partial charge is 0.223 e. The summed E-state index contributed by atoms with van der Waals surface area (Å²) >= 11 is 0. The Morgan fingerprint density at radius 1 is 1.07 bits per heavy atom. The molecule has 78 valence electrons. The summed E-state index contributed by atoms with van der Waals surface area (Å²) in [7, 11) is 0. The first kappa shape index (κ1) is 8.75. The molecule has 0 radical (unpaired) electrons. The third kappa shape index (κ3) is 1.12. The van der Waals surface area contributed by atoms with E-state index in [0.717, 1.165) is 37.0 Å². The highest BCUT2D eigenvalue weighted by Crippen LogP contribution is 2.56. The van der Waals surface area contributed by atoms with E-state index in [1.807, 2.05) is 0 Å². The van der Waals surface area contributed by atoms with Gasteiger partial charge in [-0.1, -0.05) is 0 Å². The topological polar surface area (TPSA) is 43.1 Å². The predicted molar refractivity (Wildman–Crippen MR) is 54.4 cm³/mol. The first-order valence-corrected chi connectivity index (χ1v) is 5.98. The average molecular weight is 193 g/mol. The Morgan fingerprint density at radius 3 is 2.21 bits per heavy atom. The Kier molecular flexibility index (Phi) is 1.71. The average Bonchev–Trinajstić information content (AvgIpc) is 2.31. The lowest BCUT2D eigenvalue weighted by atomic mass is 9.61. The van der Waals surface area contributed by atoms with E-state index in [-0.39, 0.29) is 11.3 Å². The minimum absolute atomic E-state index is 0.00486. The lowest BCUT2D eigenvalue weighted by molar-refractivity contribution is -0.132. The third-order valence-corrected chi connectivity index (χ3v) is 4.91. The predicted octanol–water partition coefficient (Wildman–Crippen LogP) is 2.08. The van der Waals surface area contributed by atoms with E-state index in [9.17, 15) is 4.79 Å². The standard InChI is InChI=1S/C12H19NO/c13-11(14)12-2-1-8-3-9(6-12)5-10(4-8)7-12/h8-10H,1-7H2,(H2,13,14)/t8?,9-,10-,12?/m0/s1. The Bertz CT molecular complexity index is 259. The number of amides is 1. The molecule has 4 rings (SSSR count). The molecule has 0 aromatic carbocycles. The molecule has 4 fully saturated rings. The van der Waals surface area contributed by atoms with Gasteiger partial charge in [0.2, 0.25) is 5.91 Å². The van der Waals surface area contributed by atoms with Crippen LogP contribution >= 0.6 is 0 Å². The zero-order valence-corrected chi connectivity index (χ0v) is 8.67. The number of nitrogens with two attached hydrogens (primary N) is 1. The van der Waals surface area contributed by atoms with Gasteiger partial charge in [-0.2, -0.15) is 0 Å². The highest BCUT2D eigenvalue weighted by atomic mass is 16.1. The first-order valence-electron chi connectivity index (χ1n) is 5.98. The number of rotatable bonds is 1. The van der Waals surface area contributed by atoms with Gasteiger partial charge in [0.15, 0.2) is 0 Å². The summed E-state index contributed by atoms with van der Waals surface area (Å²) in [6.07, 6.45) is 8.70. The molecule has 0 aliphatic heterocycles. The van der Waals surface area contributed by atoms with Crippen LogP contribution < -0.4 is 5.73 Å². The van der Waals surface area contributed by atoms with Gasteiger partial charge in [0, 0.05) is 5.41 Å². The van der Waals surface area contributed by atoms with Crippen LogP contribution in [0.1, 0.15) is 44.9 Å². The second-order valence-electron chi connectivity index (χ2n) is 5.90. The molecule has 4 aliphatic rings. The van der Waals surface area contributed by atoms with Gasteiger partial charge in [0.1, 0.15) is 0 Å². The molecule has 0 aromatic rings. The summed E-state index contributed by atoms with van der Waals surface area (Å²) < 4.78 is 0. The number of carbonyl (C=O) groups excluding carboxylic acids is 1. The molecule has 4 saturated carbocycles. The van der Waals surface area contributed by atoms with Crippen molar-refractivity contribution in [3.8, 4) is 0 Å². The number of carbonyl (C=O) groups is 1. The second kappa shape index (κ2) is 2.74. The lowest BCUT2D eigenvalue weighted by Gasteiger charge is -2.43. The summed E-state index contributed by atoms with van der Waals surface area (Å²) in [5.41, 5.74) is 5.54. The van der Waals surface area contributed by atoms with E-state index < -0.39 is 0 Å². The lowest BCUT2D eigenvalue weighted by Crippen LogP contribution is -2.43. The number of hydrogen-bond acceptors (Lipinski definition) is 1.